The Morgan fingerprint density at radius 1 is 0.895 bits per heavy atom. The molecule has 0 aromatic carbocycles. The number of Topliss-reactive ketones (excluding diaryl/α,β-unsaturated/α-hetero) is 1. The van der Waals surface area contributed by atoms with E-state index in [4.69, 9.17) is 9.47 Å². The Balaban J connectivity index is 4.72. The number of esters is 2. The molecule has 0 aromatic heterocycles. The highest BCUT2D eigenvalue weighted by molar-refractivity contribution is 5.88. The molecule has 0 aliphatic carbocycles. The largest absolute Gasteiger partial charge is 0.415 e. The Morgan fingerprint density at radius 3 is 1.42 bits per heavy atom. The second-order valence-electron chi connectivity index (χ2n) is 5.65. The van der Waals surface area contributed by atoms with Crippen LogP contribution in [0.15, 0.2) is 0 Å². The van der Waals surface area contributed by atoms with Crippen molar-refractivity contribution >= 4 is 17.7 Å². The molecule has 19 heavy (non-hydrogen) atoms. The van der Waals surface area contributed by atoms with Gasteiger partial charge in [0.1, 0.15) is 0 Å². The number of carbonyl (C=O) groups is 3. The molecular formula is C14H24O5. The van der Waals surface area contributed by atoms with Crippen molar-refractivity contribution in [1.29, 1.82) is 0 Å². The van der Waals surface area contributed by atoms with Gasteiger partial charge in [0.05, 0.1) is 0 Å². The molecule has 0 saturated heterocycles. The molecule has 0 aliphatic heterocycles. The molecule has 0 heterocycles. The van der Waals surface area contributed by atoms with Crippen LogP contribution < -0.4 is 0 Å². The van der Waals surface area contributed by atoms with Crippen molar-refractivity contribution in [2.24, 2.45) is 11.8 Å². The van der Waals surface area contributed by atoms with Gasteiger partial charge in [-0.25, -0.2) is 0 Å². The Hall–Kier alpha value is -1.39. The summed E-state index contributed by atoms with van der Waals surface area (Å²) in [6.45, 7) is 9.96. The fourth-order valence-corrected chi connectivity index (χ4v) is 1.35. The molecule has 0 N–H and O–H groups in total. The van der Waals surface area contributed by atoms with E-state index in [1.54, 1.807) is 0 Å². The number of hydrogen-bond acceptors (Lipinski definition) is 5. The summed E-state index contributed by atoms with van der Waals surface area (Å²) in [5.41, 5.74) is 0. The molecule has 0 aliphatic rings. The van der Waals surface area contributed by atoms with Crippen molar-refractivity contribution in [1.82, 2.24) is 0 Å². The van der Waals surface area contributed by atoms with E-state index in [-0.39, 0.29) is 24.7 Å². The smallest absolute Gasteiger partial charge is 0.313 e. The summed E-state index contributed by atoms with van der Waals surface area (Å²) in [5.74, 6) is -3.22. The summed E-state index contributed by atoms with van der Waals surface area (Å²) < 4.78 is 10.1. The van der Waals surface area contributed by atoms with Gasteiger partial charge < -0.3 is 9.47 Å². The third-order valence-electron chi connectivity index (χ3n) is 2.41. The van der Waals surface area contributed by atoms with E-state index in [9.17, 15) is 14.4 Å². The summed E-state index contributed by atoms with van der Waals surface area (Å²) in [4.78, 5) is 34.8. The van der Waals surface area contributed by atoms with Gasteiger partial charge in [-0.3, -0.25) is 14.4 Å². The van der Waals surface area contributed by atoms with Gasteiger partial charge in [0, 0.05) is 26.7 Å². The fourth-order valence-electron chi connectivity index (χ4n) is 1.35. The Morgan fingerprint density at radius 2 is 1.21 bits per heavy atom. The Bertz CT molecular complexity index is 320. The van der Waals surface area contributed by atoms with Crippen molar-refractivity contribution in [2.45, 2.75) is 60.2 Å². The van der Waals surface area contributed by atoms with Crippen molar-refractivity contribution in [3.05, 3.63) is 0 Å². The van der Waals surface area contributed by atoms with Crippen LogP contribution in [0, 0.1) is 11.8 Å². The van der Waals surface area contributed by atoms with Gasteiger partial charge in [-0.15, -0.1) is 0 Å². The lowest BCUT2D eigenvalue weighted by Gasteiger charge is -2.27. The van der Waals surface area contributed by atoms with Crippen LogP contribution in [0.3, 0.4) is 0 Å². The van der Waals surface area contributed by atoms with Crippen molar-refractivity contribution < 1.29 is 23.9 Å². The Kier molecular flexibility index (Phi) is 6.73. The molecular weight excluding hydrogens is 248 g/mol. The van der Waals surface area contributed by atoms with Crippen LogP contribution in [0.25, 0.3) is 0 Å². The summed E-state index contributed by atoms with van der Waals surface area (Å²) in [7, 11) is 0. The lowest BCUT2D eigenvalue weighted by molar-refractivity contribution is -0.220. The maximum atomic E-state index is 11.6. The van der Waals surface area contributed by atoms with E-state index in [2.05, 4.69) is 0 Å². The molecule has 0 unspecified atom stereocenters. The molecule has 0 bridgehead atoms. The average Bonchev–Trinajstić information content (AvgIpc) is 2.12. The minimum absolute atomic E-state index is 0.107. The zero-order chi connectivity index (χ0) is 15.2. The van der Waals surface area contributed by atoms with Crippen LogP contribution in [0.1, 0.15) is 54.4 Å². The molecule has 0 spiro atoms. The lowest BCUT2D eigenvalue weighted by Crippen LogP contribution is -2.43. The van der Waals surface area contributed by atoms with Crippen LogP contribution in [-0.4, -0.2) is 23.5 Å². The van der Waals surface area contributed by atoms with Crippen LogP contribution in [0.4, 0.5) is 0 Å². The van der Waals surface area contributed by atoms with Gasteiger partial charge in [0.2, 0.25) is 5.78 Å². The molecule has 0 atom stereocenters. The fraction of sp³-hybridized carbons (Fsp3) is 0.786. The van der Waals surface area contributed by atoms with Gasteiger partial charge in [0.25, 0.3) is 0 Å². The highest BCUT2D eigenvalue weighted by atomic mass is 16.7. The van der Waals surface area contributed by atoms with Crippen LogP contribution in [-0.2, 0) is 23.9 Å². The van der Waals surface area contributed by atoms with Crippen LogP contribution >= 0.6 is 0 Å². The van der Waals surface area contributed by atoms with E-state index in [1.165, 1.54) is 13.8 Å². The molecule has 0 rings (SSSR count). The minimum atomic E-state index is -1.82. The molecule has 5 nitrogen and oxygen atoms in total. The molecule has 0 aromatic rings. The molecule has 5 heteroatoms. The predicted octanol–water partition coefficient (Wildman–Crippen LogP) is 2.47. The summed E-state index contributed by atoms with van der Waals surface area (Å²) >= 11 is 0. The standard InChI is InChI=1S/C14H24O5/c1-9(2)7-12(16)18-14(6,11(5)15)19-13(17)8-10(3)4/h9-10H,7-8H2,1-6H3. The molecule has 110 valence electrons. The third-order valence-corrected chi connectivity index (χ3v) is 2.41. The van der Waals surface area contributed by atoms with E-state index in [0.29, 0.717) is 0 Å². The summed E-state index contributed by atoms with van der Waals surface area (Å²) in [6, 6.07) is 0. The molecule has 0 fully saturated rings. The first-order valence-electron chi connectivity index (χ1n) is 6.51. The van der Waals surface area contributed by atoms with Gasteiger partial charge >= 0.3 is 17.7 Å². The molecule has 0 amide bonds. The Labute approximate surface area is 114 Å². The van der Waals surface area contributed by atoms with E-state index >= 15 is 0 Å². The quantitative estimate of drug-likeness (QED) is 0.526. The van der Waals surface area contributed by atoms with E-state index in [1.807, 2.05) is 27.7 Å². The van der Waals surface area contributed by atoms with Gasteiger partial charge in [-0.1, -0.05) is 27.7 Å². The van der Waals surface area contributed by atoms with Gasteiger partial charge in [-0.05, 0) is 11.8 Å². The zero-order valence-electron chi connectivity index (χ0n) is 12.6. The van der Waals surface area contributed by atoms with Crippen molar-refractivity contribution in [2.75, 3.05) is 0 Å². The molecule has 0 radical (unpaired) electrons. The minimum Gasteiger partial charge on any atom is -0.415 e. The monoisotopic (exact) mass is 272 g/mol. The van der Waals surface area contributed by atoms with Crippen LogP contribution in [0.5, 0.6) is 0 Å². The van der Waals surface area contributed by atoms with Gasteiger partial charge in [0.15, 0.2) is 0 Å². The van der Waals surface area contributed by atoms with E-state index < -0.39 is 23.5 Å². The van der Waals surface area contributed by atoms with Gasteiger partial charge in [-0.2, -0.15) is 0 Å². The first kappa shape index (κ1) is 17.6. The SMILES string of the molecule is CC(=O)C(C)(OC(=O)CC(C)C)OC(=O)CC(C)C. The maximum Gasteiger partial charge on any atom is 0.313 e. The number of hydrogen-bond donors (Lipinski definition) is 0. The topological polar surface area (TPSA) is 69.7 Å². The average molecular weight is 272 g/mol. The summed E-state index contributed by atoms with van der Waals surface area (Å²) in [6.07, 6.45) is 0.342. The van der Waals surface area contributed by atoms with E-state index in [0.717, 1.165) is 0 Å². The van der Waals surface area contributed by atoms with Crippen LogP contribution in [0.2, 0.25) is 0 Å². The second kappa shape index (κ2) is 7.26. The first-order chi connectivity index (χ1) is 8.56. The highest BCUT2D eigenvalue weighted by Gasteiger charge is 2.38. The third kappa shape index (κ3) is 6.94. The number of rotatable bonds is 7. The molecule has 0 saturated carbocycles. The van der Waals surface area contributed by atoms with Crippen molar-refractivity contribution in [3.8, 4) is 0 Å². The number of ketones is 1. The lowest BCUT2D eigenvalue weighted by atomic mass is 10.1. The van der Waals surface area contributed by atoms with Crippen molar-refractivity contribution in [3.63, 3.8) is 0 Å². The number of ether oxygens (including phenoxy) is 2. The normalized spacial score (nSPS) is 11.6. The number of carbonyl (C=O) groups excluding carboxylic acids is 3. The first-order valence-corrected chi connectivity index (χ1v) is 6.51. The zero-order valence-corrected chi connectivity index (χ0v) is 12.6. The maximum absolute atomic E-state index is 11.6. The second-order valence-corrected chi connectivity index (χ2v) is 5.65. The predicted molar refractivity (Wildman–Crippen MR) is 70.2 cm³/mol. The highest BCUT2D eigenvalue weighted by Crippen LogP contribution is 2.18. The summed E-state index contributed by atoms with van der Waals surface area (Å²) in [5, 5.41) is 0.